The number of carbonyl (C=O) groups is 1. The van der Waals surface area contributed by atoms with Gasteiger partial charge in [-0.15, -0.1) is 0 Å². The summed E-state index contributed by atoms with van der Waals surface area (Å²) in [6, 6.07) is 5.88. The fourth-order valence-electron chi connectivity index (χ4n) is 2.66. The lowest BCUT2D eigenvalue weighted by Gasteiger charge is -2.09. The summed E-state index contributed by atoms with van der Waals surface area (Å²) < 4.78 is 40.0. The topological polar surface area (TPSA) is 46.9 Å². The normalized spacial score (nSPS) is 14.5. The average molecular weight is 406 g/mol. The summed E-state index contributed by atoms with van der Waals surface area (Å²) in [7, 11) is 0. The summed E-state index contributed by atoms with van der Waals surface area (Å²) >= 11 is 11.9. The predicted octanol–water partition coefficient (Wildman–Crippen LogP) is 4.91. The number of aromatic nitrogens is 2. The van der Waals surface area contributed by atoms with E-state index in [0.717, 1.165) is 18.9 Å². The van der Waals surface area contributed by atoms with Crippen molar-refractivity contribution in [2.45, 2.75) is 37.9 Å². The van der Waals surface area contributed by atoms with Crippen LogP contribution in [-0.4, -0.2) is 22.2 Å². The molecule has 1 aromatic carbocycles. The van der Waals surface area contributed by atoms with Gasteiger partial charge in [-0.25, -0.2) is 0 Å². The van der Waals surface area contributed by atoms with Crippen molar-refractivity contribution in [3.63, 3.8) is 0 Å². The highest BCUT2D eigenvalue weighted by molar-refractivity contribution is 6.43. The quantitative estimate of drug-likeness (QED) is 0.694. The van der Waals surface area contributed by atoms with Crippen LogP contribution in [0.4, 0.5) is 13.2 Å². The van der Waals surface area contributed by atoms with Gasteiger partial charge in [0, 0.05) is 24.7 Å². The fraction of sp³-hybridized carbons (Fsp3) is 0.412. The lowest BCUT2D eigenvalue weighted by molar-refractivity contribution is -0.141. The molecule has 2 aromatic rings. The third kappa shape index (κ3) is 4.32. The Hall–Kier alpha value is -1.73. The number of alkyl halides is 3. The van der Waals surface area contributed by atoms with Gasteiger partial charge in [-0.1, -0.05) is 29.3 Å². The monoisotopic (exact) mass is 405 g/mol. The minimum absolute atomic E-state index is 0.151. The molecular weight excluding hydrogens is 390 g/mol. The van der Waals surface area contributed by atoms with Crippen molar-refractivity contribution in [1.29, 1.82) is 0 Å². The molecule has 0 spiro atoms. The summed E-state index contributed by atoms with van der Waals surface area (Å²) in [6.45, 7) is 0.582. The van der Waals surface area contributed by atoms with E-state index in [2.05, 4.69) is 10.4 Å². The Balaban J connectivity index is 1.57. The second-order valence-electron chi connectivity index (χ2n) is 6.16. The van der Waals surface area contributed by atoms with E-state index >= 15 is 0 Å². The van der Waals surface area contributed by atoms with Gasteiger partial charge in [-0.3, -0.25) is 9.48 Å². The van der Waals surface area contributed by atoms with E-state index in [1.807, 2.05) is 0 Å². The van der Waals surface area contributed by atoms with Crippen LogP contribution in [0.5, 0.6) is 0 Å². The molecule has 9 heteroatoms. The van der Waals surface area contributed by atoms with E-state index in [0.29, 0.717) is 18.7 Å². The third-order valence-electron chi connectivity index (χ3n) is 4.13. The number of hydrogen-bond acceptors (Lipinski definition) is 2. The van der Waals surface area contributed by atoms with Gasteiger partial charge in [0.25, 0.3) is 5.91 Å². The van der Waals surface area contributed by atoms with Crippen LogP contribution < -0.4 is 5.32 Å². The number of carbonyl (C=O) groups excluding carboxylic acids is 1. The van der Waals surface area contributed by atoms with Crippen LogP contribution in [0.25, 0.3) is 0 Å². The van der Waals surface area contributed by atoms with Crippen LogP contribution in [0.2, 0.25) is 10.0 Å². The summed E-state index contributed by atoms with van der Waals surface area (Å²) in [6.07, 6.45) is -2.24. The zero-order chi connectivity index (χ0) is 18.9. The van der Waals surface area contributed by atoms with E-state index in [9.17, 15) is 18.0 Å². The molecule has 0 bridgehead atoms. The molecule has 1 fully saturated rings. The minimum atomic E-state index is -4.45. The number of rotatable bonds is 6. The molecular formula is C17H16Cl2F3N3O. The predicted molar refractivity (Wildman–Crippen MR) is 92.6 cm³/mol. The zero-order valence-electron chi connectivity index (χ0n) is 13.6. The molecule has 1 N–H and O–H groups in total. The molecule has 0 atom stereocenters. The first-order valence-corrected chi connectivity index (χ1v) is 8.90. The number of halogens is 5. The molecule has 0 saturated heterocycles. The van der Waals surface area contributed by atoms with Crippen molar-refractivity contribution in [2.75, 3.05) is 6.54 Å². The van der Waals surface area contributed by atoms with Gasteiger partial charge in [-0.05, 0) is 37.5 Å². The van der Waals surface area contributed by atoms with Crippen molar-refractivity contribution >= 4 is 29.1 Å². The van der Waals surface area contributed by atoms with Crippen molar-refractivity contribution < 1.29 is 18.0 Å². The number of benzene rings is 1. The SMILES string of the molecule is O=C(NCCCn1nc(C(F)(F)F)cc1C1CC1)c1cccc(Cl)c1Cl. The Labute approximate surface area is 158 Å². The van der Waals surface area contributed by atoms with Crippen LogP contribution in [-0.2, 0) is 12.7 Å². The van der Waals surface area contributed by atoms with Gasteiger partial charge in [0.2, 0.25) is 0 Å². The number of aryl methyl sites for hydroxylation is 1. The number of nitrogens with one attached hydrogen (secondary N) is 1. The summed E-state index contributed by atoms with van der Waals surface area (Å²) in [5.41, 5.74) is 0.00645. The largest absolute Gasteiger partial charge is 0.435 e. The highest BCUT2D eigenvalue weighted by Crippen LogP contribution is 2.42. The van der Waals surface area contributed by atoms with Crippen LogP contribution in [0.1, 0.15) is 46.9 Å². The van der Waals surface area contributed by atoms with Gasteiger partial charge < -0.3 is 5.32 Å². The average Bonchev–Trinajstić information content (AvgIpc) is 3.32. The van der Waals surface area contributed by atoms with Crippen molar-refractivity contribution in [3.05, 3.63) is 51.3 Å². The highest BCUT2D eigenvalue weighted by Gasteiger charge is 2.37. The van der Waals surface area contributed by atoms with Gasteiger partial charge in [0.05, 0.1) is 15.6 Å². The molecule has 4 nitrogen and oxygen atoms in total. The molecule has 1 amide bonds. The summed E-state index contributed by atoms with van der Waals surface area (Å²) in [4.78, 5) is 12.1. The summed E-state index contributed by atoms with van der Waals surface area (Å²) in [5, 5.41) is 6.83. The first-order valence-electron chi connectivity index (χ1n) is 8.14. The van der Waals surface area contributed by atoms with Crippen molar-refractivity contribution in [2.24, 2.45) is 0 Å². The second-order valence-corrected chi connectivity index (χ2v) is 6.95. The van der Waals surface area contributed by atoms with Crippen molar-refractivity contribution in [3.8, 4) is 0 Å². The van der Waals surface area contributed by atoms with E-state index < -0.39 is 11.9 Å². The first kappa shape index (κ1) is 19.0. The zero-order valence-corrected chi connectivity index (χ0v) is 15.1. The standard InChI is InChI=1S/C17H16Cl2F3N3O/c18-12-4-1-3-11(15(12)19)16(26)23-7-2-8-25-13(10-5-6-10)9-14(24-25)17(20,21)22/h1,3-4,9-10H,2,5-8H2,(H,23,26). The first-order chi connectivity index (χ1) is 12.3. The third-order valence-corrected chi connectivity index (χ3v) is 4.94. The Morgan fingerprint density at radius 1 is 1.31 bits per heavy atom. The van der Waals surface area contributed by atoms with Crippen LogP contribution >= 0.6 is 23.2 Å². The molecule has 1 aromatic heterocycles. The fourth-order valence-corrected chi connectivity index (χ4v) is 3.05. The van der Waals surface area contributed by atoms with Gasteiger partial charge in [0.1, 0.15) is 0 Å². The Morgan fingerprint density at radius 2 is 2.04 bits per heavy atom. The Bertz CT molecular complexity index is 816. The van der Waals surface area contributed by atoms with Crippen LogP contribution in [0, 0.1) is 0 Å². The molecule has 1 saturated carbocycles. The van der Waals surface area contributed by atoms with Crippen molar-refractivity contribution in [1.82, 2.24) is 15.1 Å². The van der Waals surface area contributed by atoms with Crippen LogP contribution in [0.15, 0.2) is 24.3 Å². The van der Waals surface area contributed by atoms with Crippen LogP contribution in [0.3, 0.4) is 0 Å². The maximum absolute atomic E-state index is 12.9. The summed E-state index contributed by atoms with van der Waals surface area (Å²) in [5.74, 6) is -0.227. The molecule has 3 rings (SSSR count). The molecule has 1 aliphatic carbocycles. The molecule has 0 aliphatic heterocycles. The minimum Gasteiger partial charge on any atom is -0.352 e. The molecule has 1 heterocycles. The smallest absolute Gasteiger partial charge is 0.352 e. The second kappa shape index (κ2) is 7.48. The van der Waals surface area contributed by atoms with E-state index in [-0.39, 0.29) is 34.0 Å². The molecule has 0 unspecified atom stereocenters. The van der Waals surface area contributed by atoms with E-state index in [1.165, 1.54) is 4.68 Å². The lowest BCUT2D eigenvalue weighted by Crippen LogP contribution is -2.26. The lowest BCUT2D eigenvalue weighted by atomic mass is 10.2. The Kier molecular flexibility index (Phi) is 5.48. The molecule has 0 radical (unpaired) electrons. The van der Waals surface area contributed by atoms with E-state index in [4.69, 9.17) is 23.2 Å². The molecule has 26 heavy (non-hydrogen) atoms. The number of hydrogen-bond donors (Lipinski definition) is 1. The van der Waals surface area contributed by atoms with Gasteiger partial charge >= 0.3 is 6.18 Å². The van der Waals surface area contributed by atoms with Gasteiger partial charge in [0.15, 0.2) is 5.69 Å². The van der Waals surface area contributed by atoms with Gasteiger partial charge in [-0.2, -0.15) is 18.3 Å². The maximum atomic E-state index is 12.9. The highest BCUT2D eigenvalue weighted by atomic mass is 35.5. The molecule has 140 valence electrons. The maximum Gasteiger partial charge on any atom is 0.435 e. The molecule has 1 aliphatic rings. The number of amides is 1. The number of nitrogens with zero attached hydrogens (tertiary/aromatic N) is 2. The Morgan fingerprint density at radius 3 is 2.69 bits per heavy atom. The van der Waals surface area contributed by atoms with E-state index in [1.54, 1.807) is 18.2 Å².